The Labute approximate surface area is 139 Å². The summed E-state index contributed by atoms with van der Waals surface area (Å²) in [5, 5.41) is 5.32. The second-order valence-electron chi connectivity index (χ2n) is 5.77. The number of aryl methyl sites for hydroxylation is 1. The zero-order valence-corrected chi connectivity index (χ0v) is 13.4. The maximum absolute atomic E-state index is 12.1. The first-order chi connectivity index (χ1) is 11.6. The molecule has 1 N–H and O–H groups in total. The minimum atomic E-state index is -0.0372. The van der Waals surface area contributed by atoms with Crippen molar-refractivity contribution in [2.24, 2.45) is 7.05 Å². The van der Waals surface area contributed by atoms with Gasteiger partial charge in [-0.25, -0.2) is 4.98 Å². The number of Topliss-reactive ketones (excluding diaryl/α,β-unsaturated/α-hetero) is 1. The molecule has 2 aromatic carbocycles. The molecule has 2 aromatic heterocycles. The molecule has 24 heavy (non-hydrogen) atoms. The Hall–Kier alpha value is -3.21. The van der Waals surface area contributed by atoms with Crippen molar-refractivity contribution in [2.75, 3.05) is 0 Å². The lowest BCUT2D eigenvalue weighted by molar-refractivity contribution is 0.101. The first-order valence-electron chi connectivity index (χ1n) is 7.72. The highest BCUT2D eigenvalue weighted by molar-refractivity contribution is 5.99. The highest BCUT2D eigenvalue weighted by atomic mass is 16.1. The van der Waals surface area contributed by atoms with Gasteiger partial charge in [0.25, 0.3) is 0 Å². The van der Waals surface area contributed by atoms with Crippen molar-refractivity contribution in [1.82, 2.24) is 19.7 Å². The van der Waals surface area contributed by atoms with Crippen molar-refractivity contribution >= 4 is 16.7 Å². The summed E-state index contributed by atoms with van der Waals surface area (Å²) in [6, 6.07) is 15.8. The number of carbonyl (C=O) groups is 1. The molecule has 0 aliphatic heterocycles. The van der Waals surface area contributed by atoms with Crippen molar-refractivity contribution in [3.8, 4) is 22.6 Å². The first kappa shape index (κ1) is 14.4. The zero-order valence-electron chi connectivity index (χ0n) is 13.4. The third kappa shape index (κ3) is 2.31. The van der Waals surface area contributed by atoms with E-state index in [0.717, 1.165) is 22.0 Å². The molecule has 0 bridgehead atoms. The van der Waals surface area contributed by atoms with Gasteiger partial charge in [-0.05, 0) is 6.07 Å². The average Bonchev–Trinajstić information content (AvgIpc) is 3.20. The number of ketones is 1. The van der Waals surface area contributed by atoms with Gasteiger partial charge in [0, 0.05) is 30.5 Å². The molecule has 0 amide bonds. The maximum atomic E-state index is 12.1. The summed E-state index contributed by atoms with van der Waals surface area (Å²) in [5.74, 6) is 0.658. The number of hydrogen-bond acceptors (Lipinski definition) is 3. The van der Waals surface area contributed by atoms with Gasteiger partial charge in [0.05, 0.1) is 17.4 Å². The van der Waals surface area contributed by atoms with Gasteiger partial charge in [0.15, 0.2) is 5.78 Å². The predicted octanol–water partition coefficient (Wildman–Crippen LogP) is 3.83. The first-order valence-corrected chi connectivity index (χ1v) is 7.72. The zero-order chi connectivity index (χ0) is 16.7. The Morgan fingerprint density at radius 2 is 1.88 bits per heavy atom. The number of fused-ring (bicyclic) bond motifs is 1. The van der Waals surface area contributed by atoms with E-state index in [1.807, 2.05) is 66.5 Å². The van der Waals surface area contributed by atoms with Crippen LogP contribution < -0.4 is 0 Å². The molecule has 5 nitrogen and oxygen atoms in total. The summed E-state index contributed by atoms with van der Waals surface area (Å²) in [7, 11) is 1.90. The van der Waals surface area contributed by atoms with Gasteiger partial charge < -0.3 is 4.98 Å². The number of nitrogens with one attached hydrogen (secondary N) is 1. The number of rotatable bonds is 3. The molecule has 2 heterocycles. The Balaban J connectivity index is 1.91. The highest BCUT2D eigenvalue weighted by Crippen LogP contribution is 2.28. The van der Waals surface area contributed by atoms with Gasteiger partial charge >= 0.3 is 0 Å². The molecule has 5 heteroatoms. The highest BCUT2D eigenvalue weighted by Gasteiger charge is 2.17. The maximum Gasteiger partial charge on any atom is 0.178 e. The van der Waals surface area contributed by atoms with E-state index < -0.39 is 0 Å². The predicted molar refractivity (Wildman–Crippen MR) is 93.7 cm³/mol. The topological polar surface area (TPSA) is 63.6 Å². The number of H-pyrrole nitrogens is 1. The third-order valence-electron chi connectivity index (χ3n) is 4.13. The van der Waals surface area contributed by atoms with Crippen molar-refractivity contribution < 1.29 is 4.79 Å². The SMILES string of the molecule is CC(=O)c1[nH]c(-c2ccccc2)nc1-c1ccc2cnn(C)c2c1. The molecular weight excluding hydrogens is 300 g/mol. The van der Waals surface area contributed by atoms with E-state index in [1.54, 1.807) is 6.92 Å². The van der Waals surface area contributed by atoms with E-state index in [-0.39, 0.29) is 5.78 Å². The Bertz CT molecular complexity index is 1040. The van der Waals surface area contributed by atoms with Crippen molar-refractivity contribution in [1.29, 1.82) is 0 Å². The summed E-state index contributed by atoms with van der Waals surface area (Å²) in [4.78, 5) is 19.9. The number of nitrogens with zero attached hydrogens (tertiary/aromatic N) is 3. The molecule has 0 spiro atoms. The summed E-state index contributed by atoms with van der Waals surface area (Å²) < 4.78 is 1.82. The van der Waals surface area contributed by atoms with Crippen molar-refractivity contribution in [3.05, 3.63) is 60.4 Å². The molecule has 0 fully saturated rings. The Kier molecular flexibility index (Phi) is 3.27. The molecule has 0 atom stereocenters. The normalized spacial score (nSPS) is 11.1. The monoisotopic (exact) mass is 316 g/mol. The van der Waals surface area contributed by atoms with E-state index in [9.17, 15) is 4.79 Å². The van der Waals surface area contributed by atoms with Crippen LogP contribution >= 0.6 is 0 Å². The number of hydrogen-bond donors (Lipinski definition) is 1. The minimum absolute atomic E-state index is 0.0372. The number of carbonyl (C=O) groups excluding carboxylic acids is 1. The van der Waals surface area contributed by atoms with Crippen LogP contribution in [0.2, 0.25) is 0 Å². The standard InChI is InChI=1S/C19H16N4O/c1-12(24)17-18(22-19(21-17)13-6-4-3-5-7-13)14-8-9-15-11-20-23(2)16(15)10-14/h3-11H,1-2H3,(H,21,22). The average molecular weight is 316 g/mol. The van der Waals surface area contributed by atoms with Gasteiger partial charge in [0.1, 0.15) is 11.5 Å². The summed E-state index contributed by atoms with van der Waals surface area (Å²) in [6.45, 7) is 1.55. The molecule has 0 saturated carbocycles. The van der Waals surface area contributed by atoms with Crippen molar-refractivity contribution in [3.63, 3.8) is 0 Å². The molecular formula is C19H16N4O. The lowest BCUT2D eigenvalue weighted by Crippen LogP contribution is -1.96. The van der Waals surface area contributed by atoms with E-state index in [1.165, 1.54) is 0 Å². The number of benzene rings is 2. The van der Waals surface area contributed by atoms with Gasteiger partial charge in [-0.2, -0.15) is 5.10 Å². The molecule has 118 valence electrons. The molecule has 0 radical (unpaired) electrons. The number of aromatic nitrogens is 4. The lowest BCUT2D eigenvalue weighted by Gasteiger charge is -2.01. The van der Waals surface area contributed by atoms with Crippen LogP contribution in [0, 0.1) is 0 Å². The van der Waals surface area contributed by atoms with Crippen LogP contribution in [0.3, 0.4) is 0 Å². The molecule has 0 aliphatic rings. The molecule has 4 rings (SSSR count). The number of aromatic amines is 1. The summed E-state index contributed by atoms with van der Waals surface area (Å²) in [6.07, 6.45) is 1.82. The van der Waals surface area contributed by atoms with Gasteiger partial charge in [-0.15, -0.1) is 0 Å². The van der Waals surface area contributed by atoms with Crippen LogP contribution in [0.15, 0.2) is 54.7 Å². The lowest BCUT2D eigenvalue weighted by atomic mass is 10.1. The van der Waals surface area contributed by atoms with Crippen LogP contribution in [-0.2, 0) is 7.05 Å². The molecule has 0 aliphatic carbocycles. The quantitative estimate of drug-likeness (QED) is 0.584. The van der Waals surface area contributed by atoms with E-state index in [4.69, 9.17) is 0 Å². The van der Waals surface area contributed by atoms with E-state index in [2.05, 4.69) is 15.1 Å². The second-order valence-corrected chi connectivity index (χ2v) is 5.77. The van der Waals surface area contributed by atoms with Gasteiger partial charge in [0.2, 0.25) is 0 Å². The van der Waals surface area contributed by atoms with Gasteiger partial charge in [-0.1, -0.05) is 42.5 Å². The molecule has 0 saturated heterocycles. The largest absolute Gasteiger partial charge is 0.335 e. The third-order valence-corrected chi connectivity index (χ3v) is 4.13. The molecule has 0 unspecified atom stereocenters. The number of imidazole rings is 1. The van der Waals surface area contributed by atoms with Crippen LogP contribution in [0.5, 0.6) is 0 Å². The fourth-order valence-corrected chi connectivity index (χ4v) is 2.86. The van der Waals surface area contributed by atoms with E-state index in [0.29, 0.717) is 17.2 Å². The Morgan fingerprint density at radius 3 is 2.62 bits per heavy atom. The summed E-state index contributed by atoms with van der Waals surface area (Å²) in [5.41, 5.74) is 4.05. The van der Waals surface area contributed by atoms with Gasteiger partial charge in [-0.3, -0.25) is 9.48 Å². The van der Waals surface area contributed by atoms with Crippen molar-refractivity contribution in [2.45, 2.75) is 6.92 Å². The summed E-state index contributed by atoms with van der Waals surface area (Å²) >= 11 is 0. The Morgan fingerprint density at radius 1 is 1.08 bits per heavy atom. The van der Waals surface area contributed by atoms with Crippen LogP contribution in [-0.4, -0.2) is 25.5 Å². The second kappa shape index (κ2) is 5.45. The van der Waals surface area contributed by atoms with Crippen LogP contribution in [0.4, 0.5) is 0 Å². The van der Waals surface area contributed by atoms with Crippen LogP contribution in [0.25, 0.3) is 33.5 Å². The van der Waals surface area contributed by atoms with Crippen LogP contribution in [0.1, 0.15) is 17.4 Å². The minimum Gasteiger partial charge on any atom is -0.335 e. The van der Waals surface area contributed by atoms with E-state index >= 15 is 0 Å². The molecule has 4 aromatic rings. The smallest absolute Gasteiger partial charge is 0.178 e. The fraction of sp³-hybridized carbons (Fsp3) is 0.105. The fourth-order valence-electron chi connectivity index (χ4n) is 2.86.